The Morgan fingerprint density at radius 3 is 2.88 bits per heavy atom. The summed E-state index contributed by atoms with van der Waals surface area (Å²) < 4.78 is 10.2. The predicted octanol–water partition coefficient (Wildman–Crippen LogP) is 2.43. The van der Waals surface area contributed by atoms with Gasteiger partial charge >= 0.3 is 0 Å². The van der Waals surface area contributed by atoms with Gasteiger partial charge in [-0.3, -0.25) is 0 Å². The molecule has 0 saturated carbocycles. The van der Waals surface area contributed by atoms with E-state index in [0.29, 0.717) is 36.3 Å². The molecular weight excluding hydrogens is 265 g/mol. The third kappa shape index (κ3) is 3.07. The second kappa shape index (κ2) is 5.64. The Balaban J connectivity index is 2.09. The lowest BCUT2D eigenvalue weighted by atomic mass is 10.4. The monoisotopic (exact) mass is 275 g/mol. The Morgan fingerprint density at radius 1 is 1.29 bits per heavy atom. The number of hydrogen-bond acceptors (Lipinski definition) is 4. The molecule has 2 aromatic rings. The van der Waals surface area contributed by atoms with E-state index in [1.807, 2.05) is 0 Å². The number of H-pyrrole nitrogens is 1. The van der Waals surface area contributed by atoms with Gasteiger partial charge in [0.2, 0.25) is 0 Å². The second-order valence-corrected chi connectivity index (χ2v) is 4.13. The topological polar surface area (TPSA) is 60.0 Å². The van der Waals surface area contributed by atoms with Crippen molar-refractivity contribution in [3.05, 3.63) is 22.1 Å². The first kappa shape index (κ1) is 12.6. The molecule has 0 aliphatic carbocycles. The van der Waals surface area contributed by atoms with Crippen molar-refractivity contribution in [2.24, 2.45) is 0 Å². The van der Waals surface area contributed by atoms with Crippen LogP contribution in [0.4, 0.5) is 0 Å². The lowest BCUT2D eigenvalue weighted by Gasteiger charge is -1.99. The molecule has 0 atom stereocenters. The number of nitrogens with zero attached hydrogens (tertiary/aromatic N) is 2. The molecule has 0 aliphatic rings. The maximum absolute atomic E-state index is 5.85. The maximum atomic E-state index is 5.85. The number of aromatic amines is 1. The van der Waals surface area contributed by atoms with E-state index in [-0.39, 0.29) is 5.15 Å². The summed E-state index contributed by atoms with van der Waals surface area (Å²) in [5.41, 5.74) is 1.27. The van der Waals surface area contributed by atoms with Gasteiger partial charge in [0.05, 0.1) is 23.8 Å². The van der Waals surface area contributed by atoms with Crippen LogP contribution in [0.1, 0.15) is 5.82 Å². The zero-order valence-corrected chi connectivity index (χ0v) is 10.7. The SMILES string of the molecule is COCCOCc1nc2nc(Cl)c(Cl)cc2[nH]1. The molecule has 0 aromatic carbocycles. The summed E-state index contributed by atoms with van der Waals surface area (Å²) in [6, 6.07) is 1.69. The second-order valence-electron chi connectivity index (χ2n) is 3.36. The molecule has 1 N–H and O–H groups in total. The summed E-state index contributed by atoms with van der Waals surface area (Å²) >= 11 is 11.7. The van der Waals surface area contributed by atoms with Crippen LogP contribution in [-0.4, -0.2) is 35.3 Å². The highest BCUT2D eigenvalue weighted by Gasteiger charge is 2.07. The van der Waals surface area contributed by atoms with Crippen molar-refractivity contribution in [2.75, 3.05) is 20.3 Å². The fraction of sp³-hybridized carbons (Fsp3) is 0.400. The van der Waals surface area contributed by atoms with Crippen LogP contribution in [0.25, 0.3) is 11.2 Å². The molecule has 0 aliphatic heterocycles. The van der Waals surface area contributed by atoms with Crippen molar-refractivity contribution in [3.63, 3.8) is 0 Å². The van der Waals surface area contributed by atoms with Crippen molar-refractivity contribution in [1.29, 1.82) is 0 Å². The number of fused-ring (bicyclic) bond motifs is 1. The molecule has 5 nitrogen and oxygen atoms in total. The van der Waals surface area contributed by atoms with Gasteiger partial charge in [-0.1, -0.05) is 23.2 Å². The normalized spacial score (nSPS) is 11.2. The van der Waals surface area contributed by atoms with Gasteiger partial charge in [-0.15, -0.1) is 0 Å². The van der Waals surface area contributed by atoms with E-state index in [2.05, 4.69) is 15.0 Å². The zero-order chi connectivity index (χ0) is 12.3. The summed E-state index contributed by atoms with van der Waals surface area (Å²) in [7, 11) is 1.62. The van der Waals surface area contributed by atoms with E-state index in [1.54, 1.807) is 13.2 Å². The van der Waals surface area contributed by atoms with Gasteiger partial charge in [0, 0.05) is 7.11 Å². The van der Waals surface area contributed by atoms with Crippen molar-refractivity contribution >= 4 is 34.4 Å². The average molecular weight is 276 g/mol. The number of halogens is 2. The number of ether oxygens (including phenoxy) is 2. The van der Waals surface area contributed by atoms with Crippen LogP contribution in [0.2, 0.25) is 10.2 Å². The largest absolute Gasteiger partial charge is 0.382 e. The van der Waals surface area contributed by atoms with Crippen molar-refractivity contribution < 1.29 is 9.47 Å². The van der Waals surface area contributed by atoms with Crippen LogP contribution in [0, 0.1) is 0 Å². The van der Waals surface area contributed by atoms with Crippen LogP contribution < -0.4 is 0 Å². The number of rotatable bonds is 5. The van der Waals surface area contributed by atoms with Gasteiger partial charge in [0.25, 0.3) is 0 Å². The summed E-state index contributed by atoms with van der Waals surface area (Å²) in [6.45, 7) is 1.44. The molecule has 92 valence electrons. The minimum Gasteiger partial charge on any atom is -0.382 e. The molecule has 0 bridgehead atoms. The number of nitrogens with one attached hydrogen (secondary N) is 1. The van der Waals surface area contributed by atoms with Gasteiger partial charge in [0.15, 0.2) is 5.65 Å². The van der Waals surface area contributed by atoms with Crippen LogP contribution in [0.15, 0.2) is 6.07 Å². The molecule has 2 heterocycles. The number of hydrogen-bond donors (Lipinski definition) is 1. The van der Waals surface area contributed by atoms with E-state index in [0.717, 1.165) is 5.52 Å². The quantitative estimate of drug-likeness (QED) is 0.673. The van der Waals surface area contributed by atoms with Crippen LogP contribution >= 0.6 is 23.2 Å². The molecule has 0 amide bonds. The molecule has 7 heteroatoms. The van der Waals surface area contributed by atoms with E-state index in [9.17, 15) is 0 Å². The first-order chi connectivity index (χ1) is 8.20. The highest BCUT2D eigenvalue weighted by atomic mass is 35.5. The third-order valence-electron chi connectivity index (χ3n) is 2.10. The molecule has 0 spiro atoms. The number of pyridine rings is 1. The molecule has 0 unspecified atom stereocenters. The molecule has 0 fully saturated rings. The third-order valence-corrected chi connectivity index (χ3v) is 2.78. The van der Waals surface area contributed by atoms with Crippen LogP contribution in [0.5, 0.6) is 0 Å². The summed E-state index contributed by atoms with van der Waals surface area (Å²) in [4.78, 5) is 11.3. The molecule has 17 heavy (non-hydrogen) atoms. The van der Waals surface area contributed by atoms with E-state index >= 15 is 0 Å². The maximum Gasteiger partial charge on any atom is 0.179 e. The number of imidazole rings is 1. The number of aromatic nitrogens is 3. The molecule has 0 radical (unpaired) electrons. The van der Waals surface area contributed by atoms with E-state index < -0.39 is 0 Å². The van der Waals surface area contributed by atoms with Crippen LogP contribution in [-0.2, 0) is 16.1 Å². The van der Waals surface area contributed by atoms with Gasteiger partial charge < -0.3 is 14.5 Å². The van der Waals surface area contributed by atoms with Crippen LogP contribution in [0.3, 0.4) is 0 Å². The van der Waals surface area contributed by atoms with Gasteiger partial charge in [-0.05, 0) is 6.07 Å². The standard InChI is InChI=1S/C10H11Cl2N3O2/c1-16-2-3-17-5-8-13-7-4-6(11)9(12)15-10(7)14-8/h4H,2-3,5H2,1H3,(H,13,14,15). The van der Waals surface area contributed by atoms with Gasteiger partial charge in [-0.2, -0.15) is 0 Å². The Bertz CT molecular complexity index is 476. The Hall–Kier alpha value is -0.880. The minimum absolute atomic E-state index is 0.248. The number of methoxy groups -OCH3 is 1. The molecular formula is C10H11Cl2N3O2. The summed E-state index contributed by atoms with van der Waals surface area (Å²) in [5, 5.41) is 0.646. The van der Waals surface area contributed by atoms with Crippen molar-refractivity contribution in [3.8, 4) is 0 Å². The van der Waals surface area contributed by atoms with Crippen molar-refractivity contribution in [1.82, 2.24) is 15.0 Å². The average Bonchev–Trinajstić information content (AvgIpc) is 2.67. The lowest BCUT2D eigenvalue weighted by molar-refractivity contribution is 0.0590. The molecule has 0 saturated heterocycles. The minimum atomic E-state index is 0.248. The van der Waals surface area contributed by atoms with E-state index in [1.165, 1.54) is 0 Å². The lowest BCUT2D eigenvalue weighted by Crippen LogP contribution is -2.02. The fourth-order valence-corrected chi connectivity index (χ4v) is 1.61. The molecule has 2 aromatic heterocycles. The fourth-order valence-electron chi connectivity index (χ4n) is 1.33. The van der Waals surface area contributed by atoms with Crippen molar-refractivity contribution in [2.45, 2.75) is 6.61 Å². The Labute approximate surface area is 108 Å². The highest BCUT2D eigenvalue weighted by molar-refractivity contribution is 6.41. The Kier molecular flexibility index (Phi) is 4.17. The zero-order valence-electron chi connectivity index (χ0n) is 9.17. The first-order valence-electron chi connectivity index (χ1n) is 4.98. The summed E-state index contributed by atoms with van der Waals surface area (Å²) in [5.74, 6) is 0.682. The van der Waals surface area contributed by atoms with Gasteiger partial charge in [-0.25, -0.2) is 9.97 Å². The van der Waals surface area contributed by atoms with E-state index in [4.69, 9.17) is 32.7 Å². The molecule has 2 rings (SSSR count). The smallest absolute Gasteiger partial charge is 0.179 e. The van der Waals surface area contributed by atoms with Gasteiger partial charge in [0.1, 0.15) is 17.6 Å². The highest BCUT2D eigenvalue weighted by Crippen LogP contribution is 2.23. The summed E-state index contributed by atoms with van der Waals surface area (Å²) in [6.07, 6.45) is 0. The Morgan fingerprint density at radius 2 is 2.12 bits per heavy atom. The first-order valence-corrected chi connectivity index (χ1v) is 5.73. The predicted molar refractivity (Wildman–Crippen MR) is 65.4 cm³/mol.